The van der Waals surface area contributed by atoms with Crippen molar-refractivity contribution in [2.24, 2.45) is 0 Å². The van der Waals surface area contributed by atoms with Crippen LogP contribution in [0.15, 0.2) is 21.7 Å². The largest absolute Gasteiger partial charge is 0.278 e. The normalized spacial score (nSPS) is 12.0. The first kappa shape index (κ1) is 35.7. The Hall–Kier alpha value is -1.16. The van der Waals surface area contributed by atoms with Gasteiger partial charge in [-0.2, -0.15) is 0 Å². The highest BCUT2D eigenvalue weighted by Gasteiger charge is 2.22. The third-order valence-electron chi connectivity index (χ3n) is 9.38. The van der Waals surface area contributed by atoms with Crippen LogP contribution in [0.25, 0.3) is 21.8 Å². The van der Waals surface area contributed by atoms with Crippen LogP contribution in [-0.2, 0) is 12.8 Å². The Labute approximate surface area is 291 Å². The smallest absolute Gasteiger partial charge is 0.267 e. The molecule has 0 saturated carbocycles. The van der Waals surface area contributed by atoms with Gasteiger partial charge in [-0.3, -0.25) is 9.59 Å². The maximum absolute atomic E-state index is 13.6. The molecular weight excluding hydrogens is 770 g/mol. The third kappa shape index (κ3) is 9.45. The van der Waals surface area contributed by atoms with Gasteiger partial charge in [0.25, 0.3) is 11.1 Å². The van der Waals surface area contributed by atoms with Crippen LogP contribution in [0.2, 0.25) is 0 Å². The standard InChI is InChI=1S/C38H52I2N2O2/c1-3-5-7-9-11-13-15-17-19-21-23-28-33-34-32-30(25-27(39)26-31(32)41-38(33)44)37(43)42-36(34)29(35(28)40)24-22-20-18-16-14-12-10-8-6-4-2/h25-26H,3-24H2,1-2H3. The molecule has 0 N–H and O–H groups in total. The Morgan fingerprint density at radius 2 is 1.02 bits per heavy atom. The fourth-order valence-corrected chi connectivity index (χ4v) is 8.57. The van der Waals surface area contributed by atoms with Crippen molar-refractivity contribution < 1.29 is 0 Å². The monoisotopic (exact) mass is 822 g/mol. The number of nitrogens with zero attached hydrogens (tertiary/aromatic N) is 2. The molecule has 240 valence electrons. The van der Waals surface area contributed by atoms with E-state index in [-0.39, 0.29) is 11.1 Å². The molecule has 44 heavy (non-hydrogen) atoms. The van der Waals surface area contributed by atoms with Gasteiger partial charge in [-0.1, -0.05) is 129 Å². The number of halogens is 2. The van der Waals surface area contributed by atoms with E-state index >= 15 is 0 Å². The lowest BCUT2D eigenvalue weighted by Gasteiger charge is -2.17. The van der Waals surface area contributed by atoms with E-state index in [0.717, 1.165) is 54.3 Å². The van der Waals surface area contributed by atoms with Crippen molar-refractivity contribution in [2.75, 3.05) is 0 Å². The highest BCUT2D eigenvalue weighted by Crippen LogP contribution is 2.32. The summed E-state index contributed by atoms with van der Waals surface area (Å²) in [5.41, 5.74) is 3.31. The summed E-state index contributed by atoms with van der Waals surface area (Å²) in [4.78, 5) is 36.2. The number of aromatic nitrogens is 2. The summed E-state index contributed by atoms with van der Waals surface area (Å²) in [6.07, 6.45) is 27.6. The zero-order valence-electron chi connectivity index (χ0n) is 27.2. The third-order valence-corrected chi connectivity index (χ3v) is 11.3. The lowest BCUT2D eigenvalue weighted by atomic mass is 9.92. The summed E-state index contributed by atoms with van der Waals surface area (Å²) in [5, 5.41) is 3.02. The molecule has 0 amide bonds. The van der Waals surface area contributed by atoms with E-state index in [1.165, 1.54) is 121 Å². The van der Waals surface area contributed by atoms with Gasteiger partial charge >= 0.3 is 0 Å². The fraction of sp³-hybridized carbons (Fsp3) is 0.632. The number of unbranched alkanes of at least 4 members (excludes halogenated alkanes) is 18. The van der Waals surface area contributed by atoms with Crippen LogP contribution in [0, 0.1) is 17.6 Å². The molecule has 0 fully saturated rings. The molecule has 0 aliphatic carbocycles. The number of hydrogen-bond donors (Lipinski definition) is 0. The van der Waals surface area contributed by atoms with E-state index in [1.54, 1.807) is 0 Å². The van der Waals surface area contributed by atoms with Gasteiger partial charge in [-0.05, 0) is 94.1 Å². The Kier molecular flexibility index (Phi) is 15.3. The zero-order chi connectivity index (χ0) is 31.3. The second kappa shape index (κ2) is 18.9. The maximum Gasteiger partial charge on any atom is 0.278 e. The number of benzene rings is 2. The summed E-state index contributed by atoms with van der Waals surface area (Å²) in [6, 6.07) is 3.84. The highest BCUT2D eigenvalue weighted by molar-refractivity contribution is 14.1. The first-order chi connectivity index (χ1) is 21.5. The van der Waals surface area contributed by atoms with Crippen molar-refractivity contribution in [3.05, 3.63) is 61.5 Å². The quantitative estimate of drug-likeness (QED) is 0.0585. The molecule has 0 spiro atoms. The van der Waals surface area contributed by atoms with E-state index < -0.39 is 0 Å². The van der Waals surface area contributed by atoms with Crippen LogP contribution >= 0.6 is 45.2 Å². The maximum atomic E-state index is 13.6. The molecule has 0 aromatic heterocycles. The topological polar surface area (TPSA) is 59.9 Å². The minimum absolute atomic E-state index is 0.170. The van der Waals surface area contributed by atoms with E-state index in [9.17, 15) is 9.59 Å². The van der Waals surface area contributed by atoms with Gasteiger partial charge in [0, 0.05) is 17.6 Å². The summed E-state index contributed by atoms with van der Waals surface area (Å²) in [7, 11) is 0. The minimum Gasteiger partial charge on any atom is -0.267 e. The first-order valence-corrected chi connectivity index (χ1v) is 19.9. The van der Waals surface area contributed by atoms with E-state index in [1.807, 2.05) is 12.1 Å². The molecule has 2 aromatic carbocycles. The molecule has 2 aliphatic rings. The fourth-order valence-electron chi connectivity index (χ4n) is 6.90. The highest BCUT2D eigenvalue weighted by atomic mass is 127. The minimum atomic E-state index is -0.203. The van der Waals surface area contributed by atoms with Gasteiger partial charge in [-0.25, -0.2) is 9.97 Å². The Bertz CT molecular complexity index is 1620. The van der Waals surface area contributed by atoms with Crippen molar-refractivity contribution in [3.63, 3.8) is 0 Å². The van der Waals surface area contributed by atoms with E-state index in [0.29, 0.717) is 16.3 Å². The predicted octanol–water partition coefficient (Wildman–Crippen LogP) is 11.2. The molecule has 6 heteroatoms. The molecule has 0 atom stereocenters. The van der Waals surface area contributed by atoms with Gasteiger partial charge < -0.3 is 0 Å². The Morgan fingerprint density at radius 1 is 0.545 bits per heavy atom. The predicted molar refractivity (Wildman–Crippen MR) is 204 cm³/mol. The molecule has 4 nitrogen and oxygen atoms in total. The van der Waals surface area contributed by atoms with Crippen LogP contribution in [0.1, 0.15) is 153 Å². The Balaban J connectivity index is 1.53. The Morgan fingerprint density at radius 3 is 1.55 bits per heavy atom. The molecule has 0 radical (unpaired) electrons. The molecular formula is C38H52I2N2O2. The number of hydrogen-bond acceptors (Lipinski definition) is 4. The van der Waals surface area contributed by atoms with Gasteiger partial charge in [0.1, 0.15) is 0 Å². The van der Waals surface area contributed by atoms with Crippen molar-refractivity contribution in [1.29, 1.82) is 0 Å². The van der Waals surface area contributed by atoms with E-state index in [2.05, 4.69) is 69.0 Å². The van der Waals surface area contributed by atoms with Crippen molar-refractivity contribution in [1.82, 2.24) is 9.97 Å². The van der Waals surface area contributed by atoms with Crippen LogP contribution in [0.4, 0.5) is 0 Å². The van der Waals surface area contributed by atoms with E-state index in [4.69, 9.17) is 0 Å². The van der Waals surface area contributed by atoms with Crippen LogP contribution in [0.3, 0.4) is 0 Å². The lowest BCUT2D eigenvalue weighted by molar-refractivity contribution is 0.555. The second-order valence-electron chi connectivity index (χ2n) is 12.9. The van der Waals surface area contributed by atoms with Gasteiger partial charge in [-0.15, -0.1) is 0 Å². The average molecular weight is 823 g/mol. The average Bonchev–Trinajstić information content (AvgIpc) is 3.00. The van der Waals surface area contributed by atoms with Crippen LogP contribution in [-0.4, -0.2) is 9.97 Å². The molecule has 0 bridgehead atoms. The van der Waals surface area contributed by atoms with Gasteiger partial charge in [0.05, 0.1) is 21.8 Å². The first-order valence-electron chi connectivity index (χ1n) is 17.7. The summed E-state index contributed by atoms with van der Waals surface area (Å²) in [5.74, 6) is 0. The second-order valence-corrected chi connectivity index (χ2v) is 15.2. The summed E-state index contributed by atoms with van der Waals surface area (Å²) < 4.78 is 2.05. The van der Waals surface area contributed by atoms with Crippen LogP contribution < -0.4 is 11.1 Å². The molecule has 2 heterocycles. The number of aryl methyl sites for hydroxylation is 2. The molecule has 2 aliphatic heterocycles. The van der Waals surface area contributed by atoms with Crippen LogP contribution in [0.5, 0.6) is 0 Å². The summed E-state index contributed by atoms with van der Waals surface area (Å²) in [6.45, 7) is 4.54. The van der Waals surface area contributed by atoms with Gasteiger partial charge in [0.2, 0.25) is 0 Å². The van der Waals surface area contributed by atoms with Gasteiger partial charge in [0.15, 0.2) is 0 Å². The molecule has 4 rings (SSSR count). The summed E-state index contributed by atoms with van der Waals surface area (Å²) >= 11 is 4.66. The van der Waals surface area contributed by atoms with Crippen molar-refractivity contribution >= 4 is 67.0 Å². The molecule has 0 saturated heterocycles. The SMILES string of the molecule is CCCCCCCCCCCCc1c(I)c(CCCCCCCCCCCC)c2c(=O)nc3cc(I)cc4c(=O)nc1c2=c34. The van der Waals surface area contributed by atoms with Crippen molar-refractivity contribution in [2.45, 2.75) is 155 Å². The zero-order valence-corrected chi connectivity index (χ0v) is 31.5. The number of rotatable bonds is 22. The van der Waals surface area contributed by atoms with Crippen molar-refractivity contribution in [3.8, 4) is 0 Å². The molecule has 0 unspecified atom stereocenters. The molecule has 2 aromatic rings. The lowest BCUT2D eigenvalue weighted by Crippen LogP contribution is -2.18.